The molecular weight excluding hydrogens is 298 g/mol. The topological polar surface area (TPSA) is 106 Å². The van der Waals surface area contributed by atoms with Crippen molar-refractivity contribution < 1.29 is 19.4 Å². The molecule has 0 aliphatic heterocycles. The van der Waals surface area contributed by atoms with Crippen molar-refractivity contribution in [1.29, 1.82) is 0 Å². The van der Waals surface area contributed by atoms with E-state index in [1.165, 1.54) is 18.7 Å². The van der Waals surface area contributed by atoms with Crippen molar-refractivity contribution in [3.8, 4) is 5.75 Å². The number of carbonyl (C=O) groups excluding carboxylic acids is 1. The summed E-state index contributed by atoms with van der Waals surface area (Å²) in [5.74, 6) is -0.697. The zero-order valence-electron chi connectivity index (χ0n) is 12.8. The van der Waals surface area contributed by atoms with Crippen LogP contribution in [0.5, 0.6) is 5.75 Å². The molecule has 2 rings (SSSR count). The van der Waals surface area contributed by atoms with Gasteiger partial charge < -0.3 is 15.6 Å². The minimum absolute atomic E-state index is 0.375. The van der Waals surface area contributed by atoms with Crippen LogP contribution in [0.25, 0.3) is 0 Å². The Bertz CT molecular complexity index is 699. The number of amides is 2. The molecule has 2 aromatic rings. The number of nitrogens with two attached hydrogens (primary N) is 1. The molecule has 0 atom stereocenters. The number of anilines is 2. The second-order valence-corrected chi connectivity index (χ2v) is 5.29. The fourth-order valence-corrected chi connectivity index (χ4v) is 1.90. The number of pyridine rings is 1. The summed E-state index contributed by atoms with van der Waals surface area (Å²) in [6.45, 7) is 2.91. The van der Waals surface area contributed by atoms with E-state index in [0.717, 1.165) is 0 Å². The third kappa shape index (κ3) is 3.76. The molecule has 0 spiro atoms. The number of aromatic nitrogens is 1. The van der Waals surface area contributed by atoms with Crippen LogP contribution in [0.2, 0.25) is 0 Å². The molecule has 0 fully saturated rings. The number of carboxylic acid groups (broad SMARTS) is 1. The van der Waals surface area contributed by atoms with Gasteiger partial charge in [-0.3, -0.25) is 9.88 Å². The van der Waals surface area contributed by atoms with Crippen LogP contribution in [0.1, 0.15) is 13.8 Å². The van der Waals surface area contributed by atoms with Gasteiger partial charge in [-0.25, -0.2) is 9.59 Å². The molecule has 0 aliphatic carbocycles. The first-order valence-electron chi connectivity index (χ1n) is 6.83. The fraction of sp³-hybridized carbons (Fsp3) is 0.188. The smallest absolute Gasteiger partial charge is 0.347 e. The lowest BCUT2D eigenvalue weighted by atomic mass is 10.1. The highest BCUT2D eigenvalue weighted by atomic mass is 16.5. The quantitative estimate of drug-likeness (QED) is 0.882. The van der Waals surface area contributed by atoms with E-state index in [4.69, 9.17) is 15.6 Å². The lowest BCUT2D eigenvalue weighted by Crippen LogP contribution is -2.37. The summed E-state index contributed by atoms with van der Waals surface area (Å²) in [6.07, 6.45) is 3.11. The van der Waals surface area contributed by atoms with Crippen LogP contribution in [0.3, 0.4) is 0 Å². The molecule has 3 N–H and O–H groups in total. The maximum Gasteiger partial charge on any atom is 0.347 e. The Morgan fingerprint density at radius 1 is 1.09 bits per heavy atom. The van der Waals surface area contributed by atoms with Gasteiger partial charge in [-0.2, -0.15) is 0 Å². The molecule has 7 heteroatoms. The molecular formula is C16H17N3O4. The van der Waals surface area contributed by atoms with E-state index in [9.17, 15) is 9.59 Å². The predicted molar refractivity (Wildman–Crippen MR) is 84.7 cm³/mol. The number of primary amides is 1. The number of aliphatic carboxylic acids is 1. The van der Waals surface area contributed by atoms with Crippen LogP contribution in [-0.4, -0.2) is 27.7 Å². The highest BCUT2D eigenvalue weighted by Crippen LogP contribution is 2.27. The van der Waals surface area contributed by atoms with Gasteiger partial charge in [0.05, 0.1) is 11.4 Å². The van der Waals surface area contributed by atoms with Gasteiger partial charge in [-0.15, -0.1) is 0 Å². The van der Waals surface area contributed by atoms with E-state index >= 15 is 0 Å². The van der Waals surface area contributed by atoms with Crippen LogP contribution in [0.4, 0.5) is 16.2 Å². The van der Waals surface area contributed by atoms with E-state index in [0.29, 0.717) is 17.1 Å². The molecule has 0 aliphatic rings. The molecule has 0 saturated heterocycles. The maximum absolute atomic E-state index is 11.7. The number of benzene rings is 1. The first-order valence-corrected chi connectivity index (χ1v) is 6.83. The number of ether oxygens (including phenoxy) is 1. The van der Waals surface area contributed by atoms with E-state index < -0.39 is 17.6 Å². The molecule has 0 radical (unpaired) electrons. The van der Waals surface area contributed by atoms with Gasteiger partial charge >= 0.3 is 12.0 Å². The van der Waals surface area contributed by atoms with Gasteiger partial charge in [-0.05, 0) is 50.2 Å². The van der Waals surface area contributed by atoms with E-state index in [1.807, 2.05) is 0 Å². The number of rotatable bonds is 5. The first-order chi connectivity index (χ1) is 10.8. The summed E-state index contributed by atoms with van der Waals surface area (Å²) < 4.78 is 5.42. The Hall–Kier alpha value is -3.09. The Labute approximate surface area is 133 Å². The Kier molecular flexibility index (Phi) is 4.49. The number of hydrogen-bond donors (Lipinski definition) is 2. The van der Waals surface area contributed by atoms with Crippen molar-refractivity contribution >= 4 is 23.4 Å². The predicted octanol–water partition coefficient (Wildman–Crippen LogP) is 2.54. The SMILES string of the molecule is CC(C)(Oc1ccc(N(C(N)=O)c2ccncc2)cc1)C(=O)O. The lowest BCUT2D eigenvalue weighted by Gasteiger charge is -2.23. The normalized spacial score (nSPS) is 10.9. The third-order valence-corrected chi connectivity index (χ3v) is 3.12. The molecule has 0 saturated carbocycles. The first kappa shape index (κ1) is 16.3. The zero-order valence-corrected chi connectivity index (χ0v) is 12.8. The van der Waals surface area contributed by atoms with E-state index in [-0.39, 0.29) is 0 Å². The number of nitrogens with zero attached hydrogens (tertiary/aromatic N) is 2. The Morgan fingerprint density at radius 3 is 2.09 bits per heavy atom. The average Bonchev–Trinajstić information content (AvgIpc) is 2.49. The van der Waals surface area contributed by atoms with Crippen LogP contribution in [0.15, 0.2) is 48.8 Å². The summed E-state index contributed by atoms with van der Waals surface area (Å²) in [5, 5.41) is 9.07. The van der Waals surface area contributed by atoms with Crippen molar-refractivity contribution in [2.45, 2.75) is 19.4 Å². The summed E-state index contributed by atoms with van der Waals surface area (Å²) in [5.41, 5.74) is 5.19. The minimum Gasteiger partial charge on any atom is -0.478 e. The highest BCUT2D eigenvalue weighted by Gasteiger charge is 2.29. The molecule has 0 bridgehead atoms. The standard InChI is InChI=1S/C16H17N3O4/c1-16(2,14(20)21)23-13-5-3-11(4-6-13)19(15(17)22)12-7-9-18-10-8-12/h3-10H,1-2H3,(H2,17,22)(H,20,21). The third-order valence-electron chi connectivity index (χ3n) is 3.12. The molecule has 1 aromatic heterocycles. The van der Waals surface area contributed by atoms with E-state index in [1.54, 1.807) is 48.8 Å². The molecule has 23 heavy (non-hydrogen) atoms. The number of carboxylic acids is 1. The molecule has 1 aromatic carbocycles. The van der Waals surface area contributed by atoms with Crippen molar-refractivity contribution in [3.05, 3.63) is 48.8 Å². The van der Waals surface area contributed by atoms with Crippen LogP contribution in [0, 0.1) is 0 Å². The zero-order chi connectivity index (χ0) is 17.0. The van der Waals surface area contributed by atoms with Gasteiger partial charge in [0, 0.05) is 12.4 Å². The van der Waals surface area contributed by atoms with Gasteiger partial charge in [-0.1, -0.05) is 0 Å². The maximum atomic E-state index is 11.7. The molecule has 0 unspecified atom stereocenters. The second kappa shape index (κ2) is 6.35. The molecule has 2 amide bonds. The Balaban J connectivity index is 2.27. The van der Waals surface area contributed by atoms with Crippen LogP contribution >= 0.6 is 0 Å². The number of urea groups is 1. The lowest BCUT2D eigenvalue weighted by molar-refractivity contribution is -0.152. The molecule has 1 heterocycles. The van der Waals surface area contributed by atoms with Crippen LogP contribution < -0.4 is 15.4 Å². The molecule has 120 valence electrons. The van der Waals surface area contributed by atoms with Crippen molar-refractivity contribution in [2.75, 3.05) is 4.90 Å². The van der Waals surface area contributed by atoms with Gasteiger partial charge in [0.25, 0.3) is 0 Å². The van der Waals surface area contributed by atoms with Crippen molar-refractivity contribution in [1.82, 2.24) is 4.98 Å². The van der Waals surface area contributed by atoms with Crippen LogP contribution in [-0.2, 0) is 4.79 Å². The second-order valence-electron chi connectivity index (χ2n) is 5.29. The number of hydrogen-bond acceptors (Lipinski definition) is 4. The van der Waals surface area contributed by atoms with Crippen molar-refractivity contribution in [2.24, 2.45) is 5.73 Å². The van der Waals surface area contributed by atoms with Gasteiger partial charge in [0.1, 0.15) is 5.75 Å². The summed E-state index contributed by atoms with van der Waals surface area (Å²) >= 11 is 0. The minimum atomic E-state index is -1.35. The van der Waals surface area contributed by atoms with Gasteiger partial charge in [0.2, 0.25) is 0 Å². The van der Waals surface area contributed by atoms with Gasteiger partial charge in [0.15, 0.2) is 5.60 Å². The Morgan fingerprint density at radius 2 is 1.61 bits per heavy atom. The largest absolute Gasteiger partial charge is 0.478 e. The van der Waals surface area contributed by atoms with Crippen molar-refractivity contribution in [3.63, 3.8) is 0 Å². The number of carbonyl (C=O) groups is 2. The highest BCUT2D eigenvalue weighted by molar-refractivity contribution is 5.98. The molecule has 7 nitrogen and oxygen atoms in total. The average molecular weight is 315 g/mol. The summed E-state index contributed by atoms with van der Waals surface area (Å²) in [6, 6.07) is 9.08. The van der Waals surface area contributed by atoms with E-state index in [2.05, 4.69) is 4.98 Å². The fourth-order valence-electron chi connectivity index (χ4n) is 1.90. The monoisotopic (exact) mass is 315 g/mol. The summed E-state index contributed by atoms with van der Waals surface area (Å²) in [7, 11) is 0. The summed E-state index contributed by atoms with van der Waals surface area (Å²) in [4.78, 5) is 28.0.